The number of aromatic nitrogens is 2. The maximum Gasteiger partial charge on any atom is 0.431 e. The van der Waals surface area contributed by atoms with Crippen molar-refractivity contribution < 1.29 is 18.1 Å². The second kappa shape index (κ2) is 6.75. The number of rotatable bonds is 4. The van der Waals surface area contributed by atoms with Crippen molar-refractivity contribution in [1.29, 1.82) is 0 Å². The van der Waals surface area contributed by atoms with Crippen LogP contribution in [-0.2, 0) is 6.18 Å². The van der Waals surface area contributed by atoms with Gasteiger partial charge >= 0.3 is 11.9 Å². The van der Waals surface area contributed by atoms with E-state index in [4.69, 9.17) is 0 Å². The van der Waals surface area contributed by atoms with Crippen LogP contribution in [0, 0.1) is 10.1 Å². The van der Waals surface area contributed by atoms with E-state index in [-0.39, 0.29) is 11.4 Å². The Morgan fingerprint density at radius 2 is 1.92 bits per heavy atom. The molecule has 0 radical (unpaired) electrons. The van der Waals surface area contributed by atoms with Gasteiger partial charge in [0.05, 0.1) is 10.6 Å². The third kappa shape index (κ3) is 4.43. The Morgan fingerprint density at radius 3 is 2.48 bits per heavy atom. The average Bonchev–Trinajstić information content (AvgIpc) is 2.51. The van der Waals surface area contributed by atoms with E-state index in [1.165, 1.54) is 24.3 Å². The number of hydrogen-bond donors (Lipinski definition) is 1. The second-order valence-electron chi connectivity index (χ2n) is 5.26. The van der Waals surface area contributed by atoms with Gasteiger partial charge in [-0.05, 0) is 23.8 Å². The molecule has 7 nitrogen and oxygen atoms in total. The quantitative estimate of drug-likeness (QED) is 0.673. The van der Waals surface area contributed by atoms with Crippen LogP contribution in [0.25, 0.3) is 12.2 Å². The van der Waals surface area contributed by atoms with Gasteiger partial charge in [0.1, 0.15) is 11.4 Å². The SMILES string of the molecule is CN(C)c1ccc(/C=C\c2cc(C(F)(F)F)[nH]c(=O)n2)cc1[N+](=O)[O-]. The summed E-state index contributed by atoms with van der Waals surface area (Å²) in [4.78, 5) is 28.4. The largest absolute Gasteiger partial charge is 0.431 e. The Bertz CT molecular complexity index is 888. The molecule has 2 rings (SSSR count). The minimum atomic E-state index is -4.71. The first-order chi connectivity index (χ1) is 11.6. The monoisotopic (exact) mass is 354 g/mol. The van der Waals surface area contributed by atoms with Crippen LogP contribution in [0.5, 0.6) is 0 Å². The third-order valence-corrected chi connectivity index (χ3v) is 3.19. The summed E-state index contributed by atoms with van der Waals surface area (Å²) < 4.78 is 38.0. The summed E-state index contributed by atoms with van der Waals surface area (Å²) in [6, 6.07) is 5.05. The first-order valence-corrected chi connectivity index (χ1v) is 6.90. The minimum absolute atomic E-state index is 0.151. The Labute approximate surface area is 139 Å². The van der Waals surface area contributed by atoms with Crippen LogP contribution in [0.4, 0.5) is 24.5 Å². The molecule has 0 bridgehead atoms. The van der Waals surface area contributed by atoms with Crippen LogP contribution in [0.1, 0.15) is 17.0 Å². The summed E-state index contributed by atoms with van der Waals surface area (Å²) >= 11 is 0. The predicted molar refractivity (Wildman–Crippen MR) is 86.2 cm³/mol. The van der Waals surface area contributed by atoms with Gasteiger partial charge in [0.2, 0.25) is 0 Å². The highest BCUT2D eigenvalue weighted by molar-refractivity contribution is 5.73. The topological polar surface area (TPSA) is 92.1 Å². The maximum atomic E-state index is 12.7. The summed E-state index contributed by atoms with van der Waals surface area (Å²) in [6.45, 7) is 0. The molecular formula is C15H13F3N4O3. The van der Waals surface area contributed by atoms with Crippen molar-refractivity contribution in [3.8, 4) is 0 Å². The average molecular weight is 354 g/mol. The van der Waals surface area contributed by atoms with Gasteiger partial charge in [0.25, 0.3) is 5.69 Å². The van der Waals surface area contributed by atoms with E-state index < -0.39 is 22.5 Å². The zero-order chi connectivity index (χ0) is 18.8. The number of anilines is 1. The lowest BCUT2D eigenvalue weighted by Crippen LogP contribution is -2.19. The van der Waals surface area contributed by atoms with Crippen molar-refractivity contribution in [2.24, 2.45) is 0 Å². The van der Waals surface area contributed by atoms with E-state index >= 15 is 0 Å². The molecule has 132 valence electrons. The maximum absolute atomic E-state index is 12.7. The van der Waals surface area contributed by atoms with Gasteiger partial charge in [0.15, 0.2) is 0 Å². The number of nitro groups is 1. The molecule has 1 N–H and O–H groups in total. The highest BCUT2D eigenvalue weighted by Crippen LogP contribution is 2.29. The molecule has 0 amide bonds. The first-order valence-electron chi connectivity index (χ1n) is 6.90. The number of aromatic amines is 1. The molecule has 1 aromatic heterocycles. The molecule has 10 heteroatoms. The molecule has 0 saturated carbocycles. The van der Waals surface area contributed by atoms with Crippen molar-refractivity contribution in [2.45, 2.75) is 6.18 Å². The molecule has 0 atom stereocenters. The van der Waals surface area contributed by atoms with Gasteiger partial charge < -0.3 is 9.88 Å². The molecule has 1 aromatic carbocycles. The zero-order valence-corrected chi connectivity index (χ0v) is 13.2. The normalized spacial score (nSPS) is 11.7. The molecular weight excluding hydrogens is 341 g/mol. The van der Waals surface area contributed by atoms with E-state index in [9.17, 15) is 28.1 Å². The number of nitrogens with zero attached hydrogens (tertiary/aromatic N) is 3. The molecule has 1 heterocycles. The third-order valence-electron chi connectivity index (χ3n) is 3.19. The van der Waals surface area contributed by atoms with Crippen molar-refractivity contribution in [3.63, 3.8) is 0 Å². The number of halogens is 3. The van der Waals surface area contributed by atoms with Gasteiger partial charge in [0, 0.05) is 20.2 Å². The summed E-state index contributed by atoms with van der Waals surface area (Å²) in [5, 5.41) is 11.1. The van der Waals surface area contributed by atoms with E-state index in [1.807, 2.05) is 0 Å². The van der Waals surface area contributed by atoms with Crippen molar-refractivity contribution in [3.05, 3.63) is 61.8 Å². The Morgan fingerprint density at radius 1 is 1.24 bits per heavy atom. The number of hydrogen-bond acceptors (Lipinski definition) is 5. The lowest BCUT2D eigenvalue weighted by molar-refractivity contribution is -0.384. The smallest absolute Gasteiger partial charge is 0.372 e. The number of H-pyrrole nitrogens is 1. The van der Waals surface area contributed by atoms with Gasteiger partial charge in [-0.25, -0.2) is 4.79 Å². The van der Waals surface area contributed by atoms with E-state index in [0.717, 1.165) is 0 Å². The molecule has 0 aliphatic rings. The molecule has 0 saturated heterocycles. The lowest BCUT2D eigenvalue weighted by atomic mass is 10.1. The van der Waals surface area contributed by atoms with E-state index in [0.29, 0.717) is 17.3 Å². The fourth-order valence-corrected chi connectivity index (χ4v) is 2.06. The molecule has 0 aliphatic carbocycles. The van der Waals surface area contributed by atoms with Crippen molar-refractivity contribution in [2.75, 3.05) is 19.0 Å². The molecule has 0 spiro atoms. The molecule has 25 heavy (non-hydrogen) atoms. The van der Waals surface area contributed by atoms with Crippen LogP contribution < -0.4 is 10.6 Å². The zero-order valence-electron chi connectivity index (χ0n) is 13.2. The highest BCUT2D eigenvalue weighted by atomic mass is 19.4. The summed E-state index contributed by atoms with van der Waals surface area (Å²) in [6.07, 6.45) is -2.19. The van der Waals surface area contributed by atoms with E-state index in [2.05, 4.69) is 4.98 Å². The molecule has 0 aliphatic heterocycles. The lowest BCUT2D eigenvalue weighted by Gasteiger charge is -2.12. The summed E-state index contributed by atoms with van der Waals surface area (Å²) in [5.41, 5.74) is -1.95. The van der Waals surface area contributed by atoms with Gasteiger partial charge in [-0.2, -0.15) is 18.2 Å². The summed E-state index contributed by atoms with van der Waals surface area (Å²) in [5.74, 6) is 0. The summed E-state index contributed by atoms with van der Waals surface area (Å²) in [7, 11) is 3.30. The standard InChI is InChI=1S/C15H13F3N4O3/c1-21(2)11-6-4-9(7-12(11)22(24)25)3-5-10-8-13(15(16,17)18)20-14(23)19-10/h3-8H,1-2H3,(H,19,20,23)/b5-3-. The Hall–Kier alpha value is -3.17. The highest BCUT2D eigenvalue weighted by Gasteiger charge is 2.32. The molecule has 2 aromatic rings. The first kappa shape index (κ1) is 18.2. The van der Waals surface area contributed by atoms with Crippen LogP contribution >= 0.6 is 0 Å². The van der Waals surface area contributed by atoms with Crippen LogP contribution in [0.15, 0.2) is 29.1 Å². The van der Waals surface area contributed by atoms with Crippen molar-refractivity contribution >= 4 is 23.5 Å². The van der Waals surface area contributed by atoms with Gasteiger partial charge in [-0.1, -0.05) is 12.1 Å². The number of nitrogens with one attached hydrogen (secondary N) is 1. The number of nitro benzene ring substituents is 1. The van der Waals surface area contributed by atoms with E-state index in [1.54, 1.807) is 30.0 Å². The minimum Gasteiger partial charge on any atom is -0.372 e. The van der Waals surface area contributed by atoms with Crippen LogP contribution in [0.2, 0.25) is 0 Å². The van der Waals surface area contributed by atoms with Crippen LogP contribution in [0.3, 0.4) is 0 Å². The second-order valence-corrected chi connectivity index (χ2v) is 5.26. The van der Waals surface area contributed by atoms with Gasteiger partial charge in [-0.15, -0.1) is 0 Å². The van der Waals surface area contributed by atoms with Crippen molar-refractivity contribution in [1.82, 2.24) is 9.97 Å². The molecule has 0 fully saturated rings. The fraction of sp³-hybridized carbons (Fsp3) is 0.200. The predicted octanol–water partition coefficient (Wildman–Crippen LogP) is 2.93. The number of alkyl halides is 3. The Kier molecular flexibility index (Phi) is 4.91. The van der Waals surface area contributed by atoms with Crippen LogP contribution in [-0.4, -0.2) is 29.0 Å². The van der Waals surface area contributed by atoms with Gasteiger partial charge in [-0.3, -0.25) is 10.1 Å². The Balaban J connectivity index is 2.40. The number of benzene rings is 1. The molecule has 0 unspecified atom stereocenters. The fourth-order valence-electron chi connectivity index (χ4n) is 2.06.